The van der Waals surface area contributed by atoms with Crippen molar-refractivity contribution in [3.8, 4) is 5.75 Å². The fourth-order valence-corrected chi connectivity index (χ4v) is 3.86. The lowest BCUT2D eigenvalue weighted by Crippen LogP contribution is -1.95. The largest absolute Gasteiger partial charge is 0.497 e. The fourth-order valence-electron chi connectivity index (χ4n) is 1.81. The van der Waals surface area contributed by atoms with Gasteiger partial charge in [-0.05, 0) is 99.6 Å². The number of aliphatic imine (C=N–C) groups is 1. The number of halogens is 2. The minimum atomic E-state index is 0.154. The Labute approximate surface area is 146 Å². The Bertz CT molecular complexity index is 608. The average molecular weight is 491 g/mol. The van der Waals surface area contributed by atoms with Gasteiger partial charge in [-0.3, -0.25) is 4.99 Å². The third kappa shape index (κ3) is 4.18. The average Bonchev–Trinajstić information content (AvgIpc) is 2.45. The molecule has 1 atom stereocenters. The lowest BCUT2D eigenvalue weighted by Gasteiger charge is -2.09. The highest BCUT2D eigenvalue weighted by atomic mass is 127. The van der Waals surface area contributed by atoms with Gasteiger partial charge >= 0.3 is 0 Å². The topological polar surface area (TPSA) is 21.6 Å². The third-order valence-corrected chi connectivity index (χ3v) is 4.58. The van der Waals surface area contributed by atoms with E-state index in [-0.39, 0.29) is 6.04 Å². The summed E-state index contributed by atoms with van der Waals surface area (Å²) in [6, 6.07) is 14.5. The molecule has 2 aromatic carbocycles. The summed E-state index contributed by atoms with van der Waals surface area (Å²) >= 11 is 4.70. The molecule has 0 spiro atoms. The second kappa shape index (κ2) is 7.40. The normalized spacial score (nSPS) is 12.6. The van der Waals surface area contributed by atoms with Crippen LogP contribution in [0.15, 0.2) is 47.5 Å². The van der Waals surface area contributed by atoms with Crippen LogP contribution in [-0.2, 0) is 0 Å². The molecule has 2 aromatic rings. The van der Waals surface area contributed by atoms with Gasteiger partial charge in [-0.15, -0.1) is 0 Å². The molecular weight excluding hydrogens is 476 g/mol. The molecule has 4 heteroatoms. The quantitative estimate of drug-likeness (QED) is 0.432. The Morgan fingerprint density at radius 2 is 1.80 bits per heavy atom. The first-order valence-corrected chi connectivity index (χ1v) is 8.38. The Morgan fingerprint density at radius 3 is 2.40 bits per heavy atom. The number of methoxy groups -OCH3 is 1. The summed E-state index contributed by atoms with van der Waals surface area (Å²) < 4.78 is 7.65. The maximum atomic E-state index is 5.14. The molecule has 0 N–H and O–H groups in total. The Morgan fingerprint density at radius 1 is 1.10 bits per heavy atom. The molecule has 0 aliphatic heterocycles. The van der Waals surface area contributed by atoms with Gasteiger partial charge in [-0.2, -0.15) is 0 Å². The summed E-state index contributed by atoms with van der Waals surface area (Å²) in [4.78, 5) is 4.64. The molecule has 0 aliphatic carbocycles. The van der Waals surface area contributed by atoms with Gasteiger partial charge in [0.25, 0.3) is 0 Å². The number of hydrogen-bond acceptors (Lipinski definition) is 2. The van der Waals surface area contributed by atoms with Crippen LogP contribution in [0.3, 0.4) is 0 Å². The van der Waals surface area contributed by atoms with E-state index in [4.69, 9.17) is 4.74 Å². The van der Waals surface area contributed by atoms with Gasteiger partial charge in [-0.25, -0.2) is 0 Å². The number of nitrogens with zero attached hydrogens (tertiary/aromatic N) is 1. The zero-order valence-corrected chi connectivity index (χ0v) is 15.6. The Kier molecular flexibility index (Phi) is 5.83. The highest BCUT2D eigenvalue weighted by Gasteiger charge is 2.07. The first-order chi connectivity index (χ1) is 9.60. The highest BCUT2D eigenvalue weighted by Crippen LogP contribution is 2.24. The van der Waals surface area contributed by atoms with Crippen molar-refractivity contribution in [2.45, 2.75) is 13.0 Å². The van der Waals surface area contributed by atoms with Crippen LogP contribution in [0, 0.1) is 7.14 Å². The Balaban J connectivity index is 2.13. The van der Waals surface area contributed by atoms with E-state index in [0.29, 0.717) is 0 Å². The van der Waals surface area contributed by atoms with Crippen molar-refractivity contribution in [1.82, 2.24) is 0 Å². The zero-order chi connectivity index (χ0) is 14.5. The molecule has 0 aromatic heterocycles. The van der Waals surface area contributed by atoms with E-state index < -0.39 is 0 Å². The molecule has 0 fully saturated rings. The van der Waals surface area contributed by atoms with Crippen LogP contribution >= 0.6 is 45.2 Å². The molecule has 0 radical (unpaired) electrons. The minimum Gasteiger partial charge on any atom is -0.497 e. The van der Waals surface area contributed by atoms with E-state index in [2.05, 4.69) is 75.3 Å². The SMILES string of the molecule is COc1ccc(C=NC(C)c2ccc(I)cc2I)cc1. The van der Waals surface area contributed by atoms with Crippen LogP contribution in [0.2, 0.25) is 0 Å². The summed E-state index contributed by atoms with van der Waals surface area (Å²) in [5.41, 5.74) is 2.34. The summed E-state index contributed by atoms with van der Waals surface area (Å²) in [6.45, 7) is 2.12. The van der Waals surface area contributed by atoms with Crippen LogP contribution in [0.1, 0.15) is 24.1 Å². The van der Waals surface area contributed by atoms with Crippen molar-refractivity contribution in [3.63, 3.8) is 0 Å². The molecule has 2 rings (SSSR count). The summed E-state index contributed by atoms with van der Waals surface area (Å²) in [5, 5.41) is 0. The van der Waals surface area contributed by atoms with Gasteiger partial charge in [0.2, 0.25) is 0 Å². The molecule has 0 saturated heterocycles. The van der Waals surface area contributed by atoms with Gasteiger partial charge in [-0.1, -0.05) is 6.07 Å². The monoisotopic (exact) mass is 491 g/mol. The zero-order valence-electron chi connectivity index (χ0n) is 11.3. The number of ether oxygens (including phenoxy) is 1. The van der Waals surface area contributed by atoms with Crippen LogP contribution < -0.4 is 4.74 Å². The third-order valence-electron chi connectivity index (χ3n) is 2.98. The van der Waals surface area contributed by atoms with Crippen molar-refractivity contribution in [3.05, 3.63) is 60.7 Å². The van der Waals surface area contributed by atoms with E-state index in [0.717, 1.165) is 11.3 Å². The Hall–Kier alpha value is -0.630. The maximum absolute atomic E-state index is 5.14. The minimum absolute atomic E-state index is 0.154. The second-order valence-electron chi connectivity index (χ2n) is 4.39. The predicted octanol–water partition coefficient (Wildman–Crippen LogP) is 5.08. The molecule has 0 aliphatic rings. The molecule has 2 nitrogen and oxygen atoms in total. The molecular formula is C16H15I2NO. The van der Waals surface area contributed by atoms with Crippen LogP contribution in [-0.4, -0.2) is 13.3 Å². The van der Waals surface area contributed by atoms with E-state index in [1.807, 2.05) is 30.5 Å². The van der Waals surface area contributed by atoms with Gasteiger partial charge in [0, 0.05) is 13.4 Å². The number of hydrogen-bond donors (Lipinski definition) is 0. The lowest BCUT2D eigenvalue weighted by atomic mass is 10.1. The van der Waals surface area contributed by atoms with Gasteiger partial charge in [0.1, 0.15) is 5.75 Å². The molecule has 1 unspecified atom stereocenters. The van der Waals surface area contributed by atoms with E-state index in [1.165, 1.54) is 12.7 Å². The predicted molar refractivity (Wildman–Crippen MR) is 101 cm³/mol. The molecule has 104 valence electrons. The van der Waals surface area contributed by atoms with Gasteiger partial charge in [0.05, 0.1) is 13.2 Å². The molecule has 0 bridgehead atoms. The number of benzene rings is 2. The number of rotatable bonds is 4. The van der Waals surface area contributed by atoms with Crippen molar-refractivity contribution >= 4 is 51.4 Å². The van der Waals surface area contributed by atoms with Gasteiger partial charge in [0.15, 0.2) is 0 Å². The van der Waals surface area contributed by atoms with Crippen LogP contribution in [0.25, 0.3) is 0 Å². The first-order valence-electron chi connectivity index (χ1n) is 6.22. The van der Waals surface area contributed by atoms with Crippen LogP contribution in [0.4, 0.5) is 0 Å². The lowest BCUT2D eigenvalue weighted by molar-refractivity contribution is 0.415. The fraction of sp³-hybridized carbons (Fsp3) is 0.188. The standard InChI is InChI=1S/C16H15I2NO/c1-11(15-8-5-13(17)9-16(15)18)19-10-12-3-6-14(20-2)7-4-12/h3-11H,1-2H3. The molecule has 0 heterocycles. The molecule has 0 saturated carbocycles. The molecule has 20 heavy (non-hydrogen) atoms. The van der Waals surface area contributed by atoms with Crippen LogP contribution in [0.5, 0.6) is 5.75 Å². The highest BCUT2D eigenvalue weighted by molar-refractivity contribution is 14.1. The van der Waals surface area contributed by atoms with Crippen molar-refractivity contribution in [2.24, 2.45) is 4.99 Å². The molecule has 0 amide bonds. The van der Waals surface area contributed by atoms with E-state index in [9.17, 15) is 0 Å². The van der Waals surface area contributed by atoms with Crippen molar-refractivity contribution in [1.29, 1.82) is 0 Å². The van der Waals surface area contributed by atoms with E-state index >= 15 is 0 Å². The summed E-state index contributed by atoms with van der Waals surface area (Å²) in [7, 11) is 1.67. The summed E-state index contributed by atoms with van der Waals surface area (Å²) in [6.07, 6.45) is 1.91. The first kappa shape index (κ1) is 15.8. The second-order valence-corrected chi connectivity index (χ2v) is 6.80. The van der Waals surface area contributed by atoms with Crippen molar-refractivity contribution in [2.75, 3.05) is 7.11 Å². The van der Waals surface area contributed by atoms with E-state index in [1.54, 1.807) is 7.11 Å². The maximum Gasteiger partial charge on any atom is 0.118 e. The smallest absolute Gasteiger partial charge is 0.118 e. The van der Waals surface area contributed by atoms with Gasteiger partial charge < -0.3 is 4.74 Å². The van der Waals surface area contributed by atoms with Crippen molar-refractivity contribution < 1.29 is 4.74 Å². The summed E-state index contributed by atoms with van der Waals surface area (Å²) in [5.74, 6) is 0.863.